The smallest absolute Gasteiger partial charge is 0.200 e. The Morgan fingerprint density at radius 2 is 0.905 bits per heavy atom. The van der Waals surface area contributed by atoms with E-state index in [0.29, 0.717) is 0 Å². The predicted octanol–water partition coefficient (Wildman–Crippen LogP) is 4.85. The van der Waals surface area contributed by atoms with Gasteiger partial charge in [0, 0.05) is 12.1 Å². The summed E-state index contributed by atoms with van der Waals surface area (Å²) in [7, 11) is -3.95. The Balaban J connectivity index is 3.42. The SMILES string of the molecule is C[Si](C)(C)N(Cc1c(F)c(F)c(F)c(F)c1F)[Si](C)(C)C. The summed E-state index contributed by atoms with van der Waals surface area (Å²) < 4.78 is 69.3. The van der Waals surface area contributed by atoms with Gasteiger partial charge in [0.2, 0.25) is 5.82 Å². The molecule has 0 aromatic heterocycles. The van der Waals surface area contributed by atoms with Crippen molar-refractivity contribution in [1.82, 2.24) is 4.23 Å². The molecule has 1 aromatic carbocycles. The van der Waals surface area contributed by atoms with E-state index in [1.807, 2.05) is 43.5 Å². The fourth-order valence-corrected chi connectivity index (χ4v) is 11.7. The van der Waals surface area contributed by atoms with E-state index in [-0.39, 0.29) is 6.54 Å². The van der Waals surface area contributed by atoms with Crippen LogP contribution >= 0.6 is 0 Å². The van der Waals surface area contributed by atoms with Crippen molar-refractivity contribution >= 4 is 16.5 Å². The van der Waals surface area contributed by atoms with Crippen molar-refractivity contribution in [2.24, 2.45) is 0 Å². The lowest BCUT2D eigenvalue weighted by Gasteiger charge is -2.43. The number of benzene rings is 1. The lowest BCUT2D eigenvalue weighted by molar-refractivity contribution is 0.363. The highest BCUT2D eigenvalue weighted by Crippen LogP contribution is 2.28. The summed E-state index contributed by atoms with van der Waals surface area (Å²) in [5, 5.41) is 0. The van der Waals surface area contributed by atoms with Gasteiger partial charge in [-0.05, 0) is 0 Å². The lowest BCUT2D eigenvalue weighted by atomic mass is 10.1. The topological polar surface area (TPSA) is 3.24 Å². The molecule has 0 bridgehead atoms. The fourth-order valence-electron chi connectivity index (χ4n) is 2.43. The highest BCUT2D eigenvalue weighted by molar-refractivity contribution is 6.89. The van der Waals surface area contributed by atoms with Crippen molar-refractivity contribution in [3.8, 4) is 0 Å². The van der Waals surface area contributed by atoms with Gasteiger partial charge in [-0.2, -0.15) is 0 Å². The standard InChI is InChI=1S/C13H20F5NSi2/c1-20(2,3)19(21(4,5)6)7-8-9(14)11(16)13(18)12(17)10(8)15/h7H2,1-6H3. The Labute approximate surface area is 123 Å². The zero-order chi connectivity index (χ0) is 16.7. The molecule has 0 amide bonds. The molecule has 1 nitrogen and oxygen atoms in total. The van der Waals surface area contributed by atoms with Crippen molar-refractivity contribution in [1.29, 1.82) is 0 Å². The van der Waals surface area contributed by atoms with Crippen LogP contribution in [0.1, 0.15) is 5.56 Å². The molecule has 21 heavy (non-hydrogen) atoms. The molecule has 8 heteroatoms. The first-order valence-corrected chi connectivity index (χ1v) is 13.5. The summed E-state index contributed by atoms with van der Waals surface area (Å²) >= 11 is 0. The molecule has 0 aliphatic heterocycles. The number of halogens is 5. The van der Waals surface area contributed by atoms with E-state index in [4.69, 9.17) is 0 Å². The van der Waals surface area contributed by atoms with Gasteiger partial charge in [-0.3, -0.25) is 0 Å². The summed E-state index contributed by atoms with van der Waals surface area (Å²) in [4.78, 5) is 0. The molecule has 1 rings (SSSR count). The summed E-state index contributed by atoms with van der Waals surface area (Å²) in [6.45, 7) is 11.6. The van der Waals surface area contributed by atoms with E-state index in [9.17, 15) is 22.0 Å². The van der Waals surface area contributed by atoms with Crippen LogP contribution in [0.25, 0.3) is 0 Å². The third-order valence-corrected chi connectivity index (χ3v) is 10.8. The number of rotatable bonds is 4. The maximum absolute atomic E-state index is 13.8. The van der Waals surface area contributed by atoms with Crippen molar-refractivity contribution in [3.63, 3.8) is 0 Å². The average Bonchev–Trinajstić information content (AvgIpc) is 2.30. The van der Waals surface area contributed by atoms with Crippen LogP contribution in [0, 0.1) is 29.1 Å². The molecule has 0 radical (unpaired) electrons. The van der Waals surface area contributed by atoms with Crippen LogP contribution < -0.4 is 0 Å². The Hall–Kier alpha value is -0.736. The second-order valence-electron chi connectivity index (χ2n) is 6.98. The molecule has 0 unspecified atom stereocenters. The Morgan fingerprint density at radius 1 is 0.619 bits per heavy atom. The first-order chi connectivity index (χ1) is 9.28. The normalized spacial score (nSPS) is 13.1. The molecule has 0 atom stereocenters. The molecule has 0 fully saturated rings. The van der Waals surface area contributed by atoms with Gasteiger partial charge in [0.1, 0.15) is 16.5 Å². The van der Waals surface area contributed by atoms with Crippen LogP contribution in [0.15, 0.2) is 0 Å². The third-order valence-electron chi connectivity index (χ3n) is 3.24. The molecule has 0 spiro atoms. The zero-order valence-corrected chi connectivity index (χ0v) is 15.0. The second-order valence-corrected chi connectivity index (χ2v) is 17.2. The summed E-state index contributed by atoms with van der Waals surface area (Å²) in [5.41, 5.74) is -0.740. The Bertz CT molecular complexity index is 506. The van der Waals surface area contributed by atoms with Gasteiger partial charge < -0.3 is 4.23 Å². The van der Waals surface area contributed by atoms with Crippen molar-refractivity contribution in [2.75, 3.05) is 0 Å². The van der Waals surface area contributed by atoms with Crippen molar-refractivity contribution in [2.45, 2.75) is 45.8 Å². The van der Waals surface area contributed by atoms with Gasteiger partial charge in [-0.1, -0.05) is 39.3 Å². The van der Waals surface area contributed by atoms with Gasteiger partial charge in [-0.15, -0.1) is 0 Å². The predicted molar refractivity (Wildman–Crippen MR) is 78.5 cm³/mol. The third kappa shape index (κ3) is 3.72. The molecule has 1 aromatic rings. The van der Waals surface area contributed by atoms with E-state index in [1.165, 1.54) is 0 Å². The Kier molecular flexibility index (Phi) is 5.06. The van der Waals surface area contributed by atoms with Gasteiger partial charge in [0.15, 0.2) is 23.3 Å². The van der Waals surface area contributed by atoms with E-state index < -0.39 is 51.1 Å². The summed E-state index contributed by atoms with van der Waals surface area (Å²) in [6, 6.07) is 0. The van der Waals surface area contributed by atoms with Crippen LogP contribution in [-0.4, -0.2) is 20.7 Å². The largest absolute Gasteiger partial charge is 0.342 e. The number of hydrogen-bond donors (Lipinski definition) is 0. The van der Waals surface area contributed by atoms with Crippen LogP contribution in [-0.2, 0) is 6.54 Å². The van der Waals surface area contributed by atoms with Crippen LogP contribution in [0.2, 0.25) is 39.3 Å². The molecule has 0 saturated carbocycles. The first kappa shape index (κ1) is 18.3. The second kappa shape index (κ2) is 5.81. The van der Waals surface area contributed by atoms with Crippen molar-refractivity contribution < 1.29 is 22.0 Å². The molecule has 0 heterocycles. The highest BCUT2D eigenvalue weighted by Gasteiger charge is 2.37. The van der Waals surface area contributed by atoms with E-state index in [0.717, 1.165) is 0 Å². The van der Waals surface area contributed by atoms with E-state index >= 15 is 0 Å². The minimum Gasteiger partial charge on any atom is -0.342 e. The van der Waals surface area contributed by atoms with Crippen LogP contribution in [0.4, 0.5) is 22.0 Å². The van der Waals surface area contributed by atoms with Gasteiger partial charge >= 0.3 is 0 Å². The van der Waals surface area contributed by atoms with Gasteiger partial charge in [-0.25, -0.2) is 22.0 Å². The van der Waals surface area contributed by atoms with E-state index in [2.05, 4.69) is 0 Å². The van der Waals surface area contributed by atoms with Gasteiger partial charge in [0.25, 0.3) is 0 Å². The van der Waals surface area contributed by atoms with Crippen LogP contribution in [0.5, 0.6) is 0 Å². The maximum atomic E-state index is 13.8. The molecule has 0 N–H and O–H groups in total. The average molecular weight is 341 g/mol. The molecule has 120 valence electrons. The fraction of sp³-hybridized carbons (Fsp3) is 0.538. The monoisotopic (exact) mass is 341 g/mol. The van der Waals surface area contributed by atoms with E-state index in [1.54, 1.807) is 0 Å². The summed E-state index contributed by atoms with van der Waals surface area (Å²) in [5.74, 6) is -9.33. The van der Waals surface area contributed by atoms with Crippen molar-refractivity contribution in [3.05, 3.63) is 34.6 Å². The molecular formula is C13H20F5NSi2. The molecule has 0 aliphatic carbocycles. The lowest BCUT2D eigenvalue weighted by Crippen LogP contribution is -2.58. The molecule has 0 aliphatic rings. The maximum Gasteiger partial charge on any atom is 0.200 e. The number of hydrogen-bond acceptors (Lipinski definition) is 1. The summed E-state index contributed by atoms with van der Waals surface area (Å²) in [6.07, 6.45) is 0. The zero-order valence-electron chi connectivity index (χ0n) is 13.0. The van der Waals surface area contributed by atoms with Crippen LogP contribution in [0.3, 0.4) is 0 Å². The quantitative estimate of drug-likeness (QED) is 0.327. The Morgan fingerprint density at radius 3 is 1.19 bits per heavy atom. The minimum atomic E-state index is -2.11. The number of nitrogens with zero attached hydrogens (tertiary/aromatic N) is 1. The molecule has 0 saturated heterocycles. The first-order valence-electron chi connectivity index (χ1n) is 6.56. The van der Waals surface area contributed by atoms with Gasteiger partial charge in [0.05, 0.1) is 0 Å². The minimum absolute atomic E-state index is 0.253. The molecular weight excluding hydrogens is 321 g/mol. The highest BCUT2D eigenvalue weighted by atomic mass is 28.4.